The number of rotatable bonds is 5. The van der Waals surface area contributed by atoms with E-state index in [0.29, 0.717) is 19.0 Å². The number of aliphatic imine (C=N–C) groups is 1. The van der Waals surface area contributed by atoms with Crippen LogP contribution >= 0.6 is 24.0 Å². The van der Waals surface area contributed by atoms with E-state index < -0.39 is 0 Å². The van der Waals surface area contributed by atoms with Gasteiger partial charge in [0.15, 0.2) is 5.96 Å². The lowest BCUT2D eigenvalue weighted by atomic mass is 10.1. The zero-order valence-electron chi connectivity index (χ0n) is 13.0. The summed E-state index contributed by atoms with van der Waals surface area (Å²) in [6.07, 6.45) is 5.91. The summed E-state index contributed by atoms with van der Waals surface area (Å²) in [6.45, 7) is 2.77. The van der Waals surface area contributed by atoms with Crippen molar-refractivity contribution in [2.75, 3.05) is 33.2 Å². The summed E-state index contributed by atoms with van der Waals surface area (Å²) in [5, 5.41) is 6.24. The van der Waals surface area contributed by atoms with E-state index in [1.807, 2.05) is 17.0 Å². The van der Waals surface area contributed by atoms with E-state index in [9.17, 15) is 4.79 Å². The first-order valence-electron chi connectivity index (χ1n) is 7.54. The van der Waals surface area contributed by atoms with Crippen molar-refractivity contribution in [3.05, 3.63) is 24.2 Å². The summed E-state index contributed by atoms with van der Waals surface area (Å²) < 4.78 is 5.27. The fourth-order valence-electron chi connectivity index (χ4n) is 2.39. The molecular formula is C15H25IN4O2. The molecule has 2 N–H and O–H groups in total. The van der Waals surface area contributed by atoms with Gasteiger partial charge in [0.05, 0.1) is 12.8 Å². The maximum Gasteiger partial charge on any atom is 0.241 e. The van der Waals surface area contributed by atoms with E-state index >= 15 is 0 Å². The molecule has 0 atom stereocenters. The minimum absolute atomic E-state index is 0. The molecule has 22 heavy (non-hydrogen) atoms. The van der Waals surface area contributed by atoms with Gasteiger partial charge in [-0.3, -0.25) is 9.79 Å². The van der Waals surface area contributed by atoms with Gasteiger partial charge in [0.2, 0.25) is 5.91 Å². The number of likely N-dealkylation sites (tertiary alicyclic amines) is 1. The Hall–Kier alpha value is -1.25. The average molecular weight is 420 g/mol. The van der Waals surface area contributed by atoms with Gasteiger partial charge in [0, 0.05) is 33.1 Å². The highest BCUT2D eigenvalue weighted by Gasteiger charge is 2.16. The van der Waals surface area contributed by atoms with Gasteiger partial charge in [-0.25, -0.2) is 0 Å². The summed E-state index contributed by atoms with van der Waals surface area (Å²) in [6, 6.07) is 3.82. The lowest BCUT2D eigenvalue weighted by Gasteiger charge is -2.27. The van der Waals surface area contributed by atoms with Gasteiger partial charge in [0.1, 0.15) is 5.76 Å². The molecule has 0 aliphatic carbocycles. The molecule has 0 saturated carbocycles. The first kappa shape index (κ1) is 18.8. The van der Waals surface area contributed by atoms with Crippen molar-refractivity contribution < 1.29 is 9.21 Å². The number of carbonyl (C=O) groups excluding carboxylic acids is 1. The number of nitrogens with zero attached hydrogens (tertiary/aromatic N) is 2. The van der Waals surface area contributed by atoms with Crippen molar-refractivity contribution in [1.29, 1.82) is 0 Å². The second kappa shape index (κ2) is 10.5. The van der Waals surface area contributed by atoms with Crippen LogP contribution in [0.5, 0.6) is 0 Å². The van der Waals surface area contributed by atoms with E-state index in [1.165, 1.54) is 6.42 Å². The van der Waals surface area contributed by atoms with Crippen molar-refractivity contribution in [1.82, 2.24) is 15.5 Å². The number of furan rings is 1. The molecule has 2 heterocycles. The van der Waals surface area contributed by atoms with Gasteiger partial charge in [-0.15, -0.1) is 24.0 Å². The standard InChI is InChI=1S/C15H24N4O2.HI/c1-16-15(17-8-7-13-6-5-11-21-13)18-12-14(20)19-9-3-2-4-10-19;/h5-6,11H,2-4,7-10,12H2,1H3,(H2,16,17,18);1H. The third-order valence-corrected chi connectivity index (χ3v) is 3.58. The molecule has 0 bridgehead atoms. The van der Waals surface area contributed by atoms with Crippen LogP contribution in [-0.4, -0.2) is 50.0 Å². The summed E-state index contributed by atoms with van der Waals surface area (Å²) >= 11 is 0. The Morgan fingerprint density at radius 3 is 2.73 bits per heavy atom. The molecule has 0 spiro atoms. The highest BCUT2D eigenvalue weighted by molar-refractivity contribution is 14.0. The molecule has 0 aromatic carbocycles. The lowest BCUT2D eigenvalue weighted by molar-refractivity contribution is -0.130. The molecule has 2 rings (SSSR count). The Bertz CT molecular complexity index is 456. The van der Waals surface area contributed by atoms with Crippen molar-refractivity contribution in [2.45, 2.75) is 25.7 Å². The molecule has 124 valence electrons. The Labute approximate surface area is 148 Å². The first-order valence-corrected chi connectivity index (χ1v) is 7.54. The van der Waals surface area contributed by atoms with Gasteiger partial charge in [0.25, 0.3) is 0 Å². The van der Waals surface area contributed by atoms with Crippen LogP contribution in [0.2, 0.25) is 0 Å². The molecule has 0 radical (unpaired) electrons. The highest BCUT2D eigenvalue weighted by atomic mass is 127. The Morgan fingerprint density at radius 2 is 2.09 bits per heavy atom. The third kappa shape index (κ3) is 6.25. The predicted octanol–water partition coefficient (Wildman–Crippen LogP) is 1.62. The quantitative estimate of drug-likeness (QED) is 0.432. The van der Waals surface area contributed by atoms with Gasteiger partial charge < -0.3 is 20.0 Å². The molecule has 6 nitrogen and oxygen atoms in total. The maximum absolute atomic E-state index is 12.0. The summed E-state index contributed by atoms with van der Waals surface area (Å²) in [5.74, 6) is 1.72. The number of piperidine rings is 1. The van der Waals surface area contributed by atoms with Crippen LogP contribution in [0.1, 0.15) is 25.0 Å². The van der Waals surface area contributed by atoms with Gasteiger partial charge in [-0.05, 0) is 31.4 Å². The monoisotopic (exact) mass is 420 g/mol. The smallest absolute Gasteiger partial charge is 0.241 e. The van der Waals surface area contributed by atoms with Gasteiger partial charge in [-0.2, -0.15) is 0 Å². The molecule has 1 aliphatic heterocycles. The zero-order valence-corrected chi connectivity index (χ0v) is 15.3. The Balaban J connectivity index is 0.00000242. The first-order chi connectivity index (χ1) is 10.3. The van der Waals surface area contributed by atoms with Crippen molar-refractivity contribution in [3.8, 4) is 0 Å². The summed E-state index contributed by atoms with van der Waals surface area (Å²) in [4.78, 5) is 18.1. The molecule has 1 aliphatic rings. The summed E-state index contributed by atoms with van der Waals surface area (Å²) in [7, 11) is 1.70. The molecule has 1 amide bonds. The van der Waals surface area contributed by atoms with Gasteiger partial charge >= 0.3 is 0 Å². The second-order valence-electron chi connectivity index (χ2n) is 5.12. The van der Waals surface area contributed by atoms with Crippen LogP contribution < -0.4 is 10.6 Å². The molecule has 1 aromatic rings. The van der Waals surface area contributed by atoms with Crippen molar-refractivity contribution >= 4 is 35.8 Å². The fourth-order valence-corrected chi connectivity index (χ4v) is 2.39. The van der Waals surface area contributed by atoms with Crippen LogP contribution in [0, 0.1) is 0 Å². The lowest BCUT2D eigenvalue weighted by Crippen LogP contribution is -2.46. The van der Waals surface area contributed by atoms with Crippen LogP contribution in [0.15, 0.2) is 27.8 Å². The van der Waals surface area contributed by atoms with Crippen LogP contribution in [0.25, 0.3) is 0 Å². The number of amides is 1. The Kier molecular flexibility index (Phi) is 8.95. The zero-order chi connectivity index (χ0) is 14.9. The maximum atomic E-state index is 12.0. The van der Waals surface area contributed by atoms with E-state index in [1.54, 1.807) is 13.3 Å². The minimum Gasteiger partial charge on any atom is -0.469 e. The topological polar surface area (TPSA) is 69.9 Å². The van der Waals surface area contributed by atoms with Crippen LogP contribution in [0.3, 0.4) is 0 Å². The number of nitrogens with one attached hydrogen (secondary N) is 2. The van der Waals surface area contributed by atoms with E-state index in [4.69, 9.17) is 4.42 Å². The third-order valence-electron chi connectivity index (χ3n) is 3.58. The van der Waals surface area contributed by atoms with E-state index in [0.717, 1.165) is 38.1 Å². The highest BCUT2D eigenvalue weighted by Crippen LogP contribution is 2.08. The Morgan fingerprint density at radius 1 is 1.32 bits per heavy atom. The number of hydrogen-bond acceptors (Lipinski definition) is 3. The number of guanidine groups is 1. The largest absolute Gasteiger partial charge is 0.469 e. The molecule has 7 heteroatoms. The van der Waals surface area contributed by atoms with Crippen molar-refractivity contribution in [3.63, 3.8) is 0 Å². The fraction of sp³-hybridized carbons (Fsp3) is 0.600. The molecule has 1 fully saturated rings. The molecule has 1 saturated heterocycles. The predicted molar refractivity (Wildman–Crippen MR) is 97.6 cm³/mol. The normalized spacial score (nSPS) is 15.1. The number of carbonyl (C=O) groups is 1. The van der Waals surface area contributed by atoms with E-state index in [-0.39, 0.29) is 29.9 Å². The van der Waals surface area contributed by atoms with Crippen LogP contribution in [-0.2, 0) is 11.2 Å². The second-order valence-corrected chi connectivity index (χ2v) is 5.12. The van der Waals surface area contributed by atoms with Crippen molar-refractivity contribution in [2.24, 2.45) is 4.99 Å². The molecular weight excluding hydrogens is 395 g/mol. The average Bonchev–Trinajstić information content (AvgIpc) is 3.04. The van der Waals surface area contributed by atoms with E-state index in [2.05, 4.69) is 15.6 Å². The molecule has 0 unspecified atom stereocenters. The SMILES string of the molecule is CN=C(NCCc1ccco1)NCC(=O)N1CCCCC1.I. The molecule has 1 aromatic heterocycles. The minimum atomic E-state index is 0. The summed E-state index contributed by atoms with van der Waals surface area (Å²) in [5.41, 5.74) is 0. The number of hydrogen-bond donors (Lipinski definition) is 2. The number of halogens is 1. The van der Waals surface area contributed by atoms with Gasteiger partial charge in [-0.1, -0.05) is 0 Å². The van der Waals surface area contributed by atoms with Crippen LogP contribution in [0.4, 0.5) is 0 Å².